The van der Waals surface area contributed by atoms with Crippen LogP contribution in [0.25, 0.3) is 21.9 Å². The SMILES string of the molecule is CCn1c(=O)[nH]c(=O)c2[nH]c(-c3cnc(C)s3)nc21. The second-order valence-corrected chi connectivity index (χ2v) is 5.27. The molecule has 0 atom stereocenters. The summed E-state index contributed by atoms with van der Waals surface area (Å²) in [6.07, 6.45) is 1.69. The molecule has 19 heavy (non-hydrogen) atoms. The standard InChI is InChI=1S/C11H11N5O2S/c1-3-16-9-7(10(17)15-11(16)18)13-8(14-9)6-4-12-5(2)19-6/h4H,3H2,1-2H3,(H,13,14)(H,15,17,18). The van der Waals surface area contributed by atoms with Crippen molar-refractivity contribution in [3.63, 3.8) is 0 Å². The number of hydrogen-bond acceptors (Lipinski definition) is 5. The van der Waals surface area contributed by atoms with E-state index in [2.05, 4.69) is 19.9 Å². The minimum absolute atomic E-state index is 0.308. The van der Waals surface area contributed by atoms with E-state index in [9.17, 15) is 9.59 Å². The highest BCUT2D eigenvalue weighted by Crippen LogP contribution is 2.24. The lowest BCUT2D eigenvalue weighted by molar-refractivity contribution is 0.720. The van der Waals surface area contributed by atoms with E-state index in [1.807, 2.05) is 13.8 Å². The number of imidazole rings is 1. The summed E-state index contributed by atoms with van der Waals surface area (Å²) < 4.78 is 1.42. The van der Waals surface area contributed by atoms with Gasteiger partial charge in [-0.25, -0.2) is 14.8 Å². The molecule has 98 valence electrons. The molecule has 0 bridgehead atoms. The van der Waals surface area contributed by atoms with E-state index in [0.29, 0.717) is 23.5 Å². The first-order valence-electron chi connectivity index (χ1n) is 5.75. The number of aromatic amines is 2. The third kappa shape index (κ3) is 1.80. The predicted octanol–water partition coefficient (Wildman–Crippen LogP) is 0.865. The largest absolute Gasteiger partial charge is 0.331 e. The van der Waals surface area contributed by atoms with Crippen molar-refractivity contribution >= 4 is 22.5 Å². The van der Waals surface area contributed by atoms with E-state index in [1.165, 1.54) is 15.9 Å². The number of aryl methyl sites for hydroxylation is 2. The fraction of sp³-hybridized carbons (Fsp3) is 0.273. The molecule has 3 rings (SSSR count). The minimum atomic E-state index is -0.454. The van der Waals surface area contributed by atoms with Crippen molar-refractivity contribution in [3.05, 3.63) is 32.0 Å². The first-order valence-corrected chi connectivity index (χ1v) is 6.57. The predicted molar refractivity (Wildman–Crippen MR) is 72.5 cm³/mol. The number of fused-ring (bicyclic) bond motifs is 1. The summed E-state index contributed by atoms with van der Waals surface area (Å²) in [5.74, 6) is 0.555. The summed E-state index contributed by atoms with van der Waals surface area (Å²) in [5, 5.41) is 0.914. The van der Waals surface area contributed by atoms with Gasteiger partial charge in [-0.15, -0.1) is 11.3 Å². The molecule has 0 unspecified atom stereocenters. The van der Waals surface area contributed by atoms with Crippen LogP contribution in [0.3, 0.4) is 0 Å². The molecule has 0 aliphatic carbocycles. The van der Waals surface area contributed by atoms with Crippen LogP contribution in [0.4, 0.5) is 0 Å². The molecule has 0 aliphatic rings. The first-order chi connectivity index (χ1) is 9.10. The van der Waals surface area contributed by atoms with Gasteiger partial charge in [0, 0.05) is 12.7 Å². The van der Waals surface area contributed by atoms with Gasteiger partial charge < -0.3 is 4.98 Å². The molecule has 0 aliphatic heterocycles. The molecular formula is C11H11N5O2S. The molecule has 0 radical (unpaired) electrons. The molecule has 0 aromatic carbocycles. The molecule has 8 heteroatoms. The van der Waals surface area contributed by atoms with Crippen LogP contribution in [0.5, 0.6) is 0 Å². The van der Waals surface area contributed by atoms with Crippen LogP contribution < -0.4 is 11.2 Å². The van der Waals surface area contributed by atoms with Gasteiger partial charge in [0.15, 0.2) is 11.5 Å². The van der Waals surface area contributed by atoms with Crippen molar-refractivity contribution in [2.75, 3.05) is 0 Å². The van der Waals surface area contributed by atoms with Crippen LogP contribution in [0, 0.1) is 6.92 Å². The van der Waals surface area contributed by atoms with Crippen molar-refractivity contribution in [3.8, 4) is 10.7 Å². The zero-order valence-corrected chi connectivity index (χ0v) is 11.2. The van der Waals surface area contributed by atoms with Gasteiger partial charge in [0.2, 0.25) is 0 Å². The molecule has 0 saturated carbocycles. The maximum Gasteiger partial charge on any atom is 0.330 e. The van der Waals surface area contributed by atoms with Crippen molar-refractivity contribution in [1.82, 2.24) is 24.5 Å². The van der Waals surface area contributed by atoms with E-state index < -0.39 is 11.2 Å². The van der Waals surface area contributed by atoms with Crippen molar-refractivity contribution in [2.45, 2.75) is 20.4 Å². The van der Waals surface area contributed by atoms with E-state index in [1.54, 1.807) is 6.20 Å². The Kier molecular flexibility index (Phi) is 2.59. The van der Waals surface area contributed by atoms with Gasteiger partial charge >= 0.3 is 5.69 Å². The van der Waals surface area contributed by atoms with Gasteiger partial charge in [-0.1, -0.05) is 0 Å². The second kappa shape index (κ2) is 4.16. The van der Waals surface area contributed by atoms with E-state index in [-0.39, 0.29) is 0 Å². The molecule has 3 aromatic heterocycles. The normalized spacial score (nSPS) is 11.3. The maximum atomic E-state index is 11.8. The quantitative estimate of drug-likeness (QED) is 0.726. The van der Waals surface area contributed by atoms with Crippen LogP contribution in [0.2, 0.25) is 0 Å². The third-order valence-electron chi connectivity index (χ3n) is 2.80. The molecule has 0 fully saturated rings. The molecule has 7 nitrogen and oxygen atoms in total. The minimum Gasteiger partial charge on any atom is -0.331 e. The number of thiazole rings is 1. The lowest BCUT2D eigenvalue weighted by atomic mass is 10.5. The number of nitrogens with one attached hydrogen (secondary N) is 2. The van der Waals surface area contributed by atoms with Gasteiger partial charge in [-0.3, -0.25) is 14.3 Å². The summed E-state index contributed by atoms with van der Waals surface area (Å²) in [6.45, 7) is 4.16. The molecule has 2 N–H and O–H groups in total. The first kappa shape index (κ1) is 11.8. The van der Waals surface area contributed by atoms with Crippen molar-refractivity contribution in [2.24, 2.45) is 0 Å². The lowest BCUT2D eigenvalue weighted by Crippen LogP contribution is -2.29. The van der Waals surface area contributed by atoms with Crippen LogP contribution in [-0.4, -0.2) is 24.5 Å². The molecular weight excluding hydrogens is 266 g/mol. The highest BCUT2D eigenvalue weighted by atomic mass is 32.1. The monoisotopic (exact) mass is 277 g/mol. The van der Waals surface area contributed by atoms with Crippen LogP contribution in [-0.2, 0) is 6.54 Å². The average molecular weight is 277 g/mol. The summed E-state index contributed by atoms with van der Waals surface area (Å²) in [7, 11) is 0. The summed E-state index contributed by atoms with van der Waals surface area (Å²) in [4.78, 5) is 38.0. The number of hydrogen-bond donors (Lipinski definition) is 2. The highest BCUT2D eigenvalue weighted by Gasteiger charge is 2.14. The molecule has 3 aromatic rings. The van der Waals surface area contributed by atoms with E-state index in [0.717, 1.165) is 9.88 Å². The number of rotatable bonds is 2. The smallest absolute Gasteiger partial charge is 0.330 e. The zero-order chi connectivity index (χ0) is 13.6. The molecule has 0 amide bonds. The Bertz CT molecular complexity index is 869. The summed E-state index contributed by atoms with van der Waals surface area (Å²) in [5.41, 5.74) is -0.219. The van der Waals surface area contributed by atoms with Crippen LogP contribution in [0.1, 0.15) is 11.9 Å². The number of aromatic nitrogens is 5. The average Bonchev–Trinajstić information content (AvgIpc) is 2.96. The Labute approximate surface area is 111 Å². The van der Waals surface area contributed by atoms with E-state index >= 15 is 0 Å². The maximum absolute atomic E-state index is 11.8. The van der Waals surface area contributed by atoms with Crippen molar-refractivity contribution < 1.29 is 0 Å². The van der Waals surface area contributed by atoms with Gasteiger partial charge in [-0.2, -0.15) is 0 Å². The van der Waals surface area contributed by atoms with Crippen molar-refractivity contribution in [1.29, 1.82) is 0 Å². The molecule has 3 heterocycles. The Morgan fingerprint density at radius 3 is 2.79 bits per heavy atom. The van der Waals surface area contributed by atoms with Gasteiger partial charge in [-0.05, 0) is 13.8 Å². The Morgan fingerprint density at radius 2 is 2.16 bits per heavy atom. The van der Waals surface area contributed by atoms with Gasteiger partial charge in [0.1, 0.15) is 5.52 Å². The summed E-state index contributed by atoms with van der Waals surface area (Å²) >= 11 is 1.48. The van der Waals surface area contributed by atoms with Gasteiger partial charge in [0.05, 0.1) is 9.88 Å². The van der Waals surface area contributed by atoms with Crippen LogP contribution in [0.15, 0.2) is 15.8 Å². The molecule has 0 saturated heterocycles. The lowest BCUT2D eigenvalue weighted by Gasteiger charge is -1.99. The zero-order valence-electron chi connectivity index (χ0n) is 10.4. The Morgan fingerprint density at radius 1 is 1.37 bits per heavy atom. The fourth-order valence-electron chi connectivity index (χ4n) is 1.92. The topological polar surface area (TPSA) is 96.4 Å². The Balaban J connectivity index is 2.34. The van der Waals surface area contributed by atoms with E-state index in [4.69, 9.17) is 0 Å². The number of nitrogens with zero attached hydrogens (tertiary/aromatic N) is 3. The highest BCUT2D eigenvalue weighted by molar-refractivity contribution is 7.14. The second-order valence-electron chi connectivity index (χ2n) is 4.03. The number of H-pyrrole nitrogens is 2. The van der Waals surface area contributed by atoms with Gasteiger partial charge in [0.25, 0.3) is 5.56 Å². The third-order valence-corrected chi connectivity index (χ3v) is 3.72. The van der Waals surface area contributed by atoms with Crippen LogP contribution >= 0.6 is 11.3 Å². The fourth-order valence-corrected chi connectivity index (χ4v) is 2.64. The summed E-state index contributed by atoms with van der Waals surface area (Å²) in [6, 6.07) is 0. The Hall–Kier alpha value is -2.22. The molecule has 0 spiro atoms.